The maximum absolute atomic E-state index is 13.1. The van der Waals surface area contributed by atoms with Crippen LogP contribution in [0.4, 0.5) is 18.9 Å². The zero-order valence-electron chi connectivity index (χ0n) is 17.6. The van der Waals surface area contributed by atoms with Gasteiger partial charge in [-0.25, -0.2) is 8.42 Å². The summed E-state index contributed by atoms with van der Waals surface area (Å²) >= 11 is 5.78. The number of carbonyl (C=O) groups is 1. The lowest BCUT2D eigenvalue weighted by molar-refractivity contribution is -0.274. The van der Waals surface area contributed by atoms with Crippen LogP contribution in [0.5, 0.6) is 17.2 Å². The predicted octanol–water partition coefficient (Wildman–Crippen LogP) is 3.70. The molecule has 1 saturated heterocycles. The van der Waals surface area contributed by atoms with Crippen LogP contribution < -0.4 is 9.46 Å². The Bertz CT molecular complexity index is 1190. The highest BCUT2D eigenvalue weighted by Crippen LogP contribution is 2.38. The molecular formula is C20H20ClF3N2O7S. The van der Waals surface area contributed by atoms with Crippen LogP contribution in [-0.2, 0) is 14.8 Å². The molecule has 0 aliphatic carbocycles. The molecule has 1 aliphatic rings. The summed E-state index contributed by atoms with van der Waals surface area (Å²) in [5, 5.41) is 20.5. The molecule has 0 saturated carbocycles. The molecule has 34 heavy (non-hydrogen) atoms. The zero-order chi connectivity index (χ0) is 25.3. The molecule has 0 aromatic heterocycles. The van der Waals surface area contributed by atoms with Crippen LogP contribution in [-0.4, -0.2) is 62.1 Å². The number of phenolic OH excluding ortho intramolecular Hbond substituents is 2. The number of likely N-dealkylation sites (tertiary alicyclic amines) is 1. The molecule has 3 N–H and O–H groups in total. The number of nitrogens with one attached hydrogen (secondary N) is 1. The van der Waals surface area contributed by atoms with Crippen LogP contribution in [0.15, 0.2) is 35.2 Å². The zero-order valence-corrected chi connectivity index (χ0v) is 19.2. The minimum Gasteiger partial charge on any atom is -0.507 e. The van der Waals surface area contributed by atoms with E-state index in [1.165, 1.54) is 18.1 Å². The number of phenols is 2. The first-order valence-corrected chi connectivity index (χ1v) is 11.6. The number of benzene rings is 2. The minimum absolute atomic E-state index is 0.0503. The standard InChI is InChI=1S/C20H20ClF3N2O7S/c1-32-10-12-3-2-6-26(12)19(29)14-8-13(33-20(22,23)24)9-15(18(14)28)25-34(30,31)17-7-11(21)4-5-16(17)27/h4-5,7-9,12,25,27-28H,2-3,6,10H2,1H3/t12-/m1/s1. The fourth-order valence-electron chi connectivity index (χ4n) is 3.57. The van der Waals surface area contributed by atoms with Gasteiger partial charge in [-0.3, -0.25) is 9.52 Å². The number of sulfonamides is 1. The van der Waals surface area contributed by atoms with E-state index in [9.17, 15) is 36.6 Å². The Morgan fingerprint density at radius 3 is 2.62 bits per heavy atom. The van der Waals surface area contributed by atoms with Gasteiger partial charge in [-0.2, -0.15) is 0 Å². The largest absolute Gasteiger partial charge is 0.573 e. The molecule has 1 aliphatic heterocycles. The Labute approximate surface area is 197 Å². The van der Waals surface area contributed by atoms with Crippen LogP contribution in [0.1, 0.15) is 23.2 Å². The third-order valence-corrected chi connectivity index (χ3v) is 6.63. The highest BCUT2D eigenvalue weighted by Gasteiger charge is 2.35. The minimum atomic E-state index is -5.16. The lowest BCUT2D eigenvalue weighted by Crippen LogP contribution is -2.38. The normalized spacial score (nSPS) is 16.5. The Morgan fingerprint density at radius 2 is 1.97 bits per heavy atom. The Morgan fingerprint density at radius 1 is 1.26 bits per heavy atom. The summed E-state index contributed by atoms with van der Waals surface area (Å²) in [7, 11) is -3.23. The van der Waals surface area contributed by atoms with E-state index in [4.69, 9.17) is 16.3 Å². The van der Waals surface area contributed by atoms with E-state index in [0.29, 0.717) is 25.0 Å². The van der Waals surface area contributed by atoms with Gasteiger partial charge in [0.1, 0.15) is 16.4 Å². The molecule has 9 nitrogen and oxygen atoms in total. The molecule has 2 aromatic carbocycles. The maximum Gasteiger partial charge on any atom is 0.573 e. The number of halogens is 4. The first-order valence-electron chi connectivity index (χ1n) is 9.76. The fraction of sp³-hybridized carbons (Fsp3) is 0.350. The monoisotopic (exact) mass is 524 g/mol. The summed E-state index contributed by atoms with van der Waals surface area (Å²) in [6, 6.07) is 3.97. The number of carbonyl (C=O) groups excluding carboxylic acids is 1. The van der Waals surface area contributed by atoms with E-state index in [1.807, 2.05) is 4.72 Å². The highest BCUT2D eigenvalue weighted by atomic mass is 35.5. The molecule has 14 heteroatoms. The maximum atomic E-state index is 13.1. The number of anilines is 1. The number of nitrogens with zero attached hydrogens (tertiary/aromatic N) is 1. The SMILES string of the molecule is COC[C@H]1CCCN1C(=O)c1cc(OC(F)(F)F)cc(NS(=O)(=O)c2cc(Cl)ccc2O)c1O. The number of ether oxygens (including phenoxy) is 2. The van der Waals surface area contributed by atoms with Gasteiger partial charge in [0.25, 0.3) is 15.9 Å². The number of alkyl halides is 3. The predicted molar refractivity (Wildman–Crippen MR) is 115 cm³/mol. The summed E-state index contributed by atoms with van der Waals surface area (Å²) in [6.07, 6.45) is -3.98. The van der Waals surface area contributed by atoms with Gasteiger partial charge in [0, 0.05) is 24.7 Å². The van der Waals surface area contributed by atoms with E-state index >= 15 is 0 Å². The number of hydrogen-bond acceptors (Lipinski definition) is 7. The molecule has 1 fully saturated rings. The van der Waals surface area contributed by atoms with Crippen molar-refractivity contribution >= 4 is 33.2 Å². The van der Waals surface area contributed by atoms with Crippen molar-refractivity contribution in [1.29, 1.82) is 0 Å². The molecule has 2 aromatic rings. The van der Waals surface area contributed by atoms with Gasteiger partial charge in [0.05, 0.1) is 23.9 Å². The van der Waals surface area contributed by atoms with Gasteiger partial charge in [-0.1, -0.05) is 11.6 Å². The van der Waals surface area contributed by atoms with Gasteiger partial charge >= 0.3 is 6.36 Å². The Hall–Kier alpha value is -2.90. The van der Waals surface area contributed by atoms with Gasteiger partial charge in [-0.15, -0.1) is 13.2 Å². The van der Waals surface area contributed by atoms with E-state index in [-0.39, 0.29) is 24.2 Å². The number of amides is 1. The molecular weight excluding hydrogens is 505 g/mol. The van der Waals surface area contributed by atoms with Crippen LogP contribution in [0.2, 0.25) is 5.02 Å². The van der Waals surface area contributed by atoms with Gasteiger partial charge < -0.3 is 24.6 Å². The number of methoxy groups -OCH3 is 1. The van der Waals surface area contributed by atoms with Crippen molar-refractivity contribution in [2.75, 3.05) is 25.0 Å². The summed E-state index contributed by atoms with van der Waals surface area (Å²) in [5.41, 5.74) is -1.38. The molecule has 3 rings (SSSR count). The lowest BCUT2D eigenvalue weighted by Gasteiger charge is -2.25. The van der Waals surface area contributed by atoms with E-state index in [0.717, 1.165) is 12.1 Å². The smallest absolute Gasteiger partial charge is 0.507 e. The third kappa shape index (κ3) is 5.77. The number of aromatic hydroxyl groups is 2. The van der Waals surface area contributed by atoms with Crippen molar-refractivity contribution in [3.63, 3.8) is 0 Å². The lowest BCUT2D eigenvalue weighted by atomic mass is 10.1. The summed E-state index contributed by atoms with van der Waals surface area (Å²) in [4.78, 5) is 13.7. The first kappa shape index (κ1) is 25.7. The van der Waals surface area contributed by atoms with Gasteiger partial charge in [-0.05, 0) is 37.1 Å². The summed E-state index contributed by atoms with van der Waals surface area (Å²) in [5.74, 6) is -3.40. The highest BCUT2D eigenvalue weighted by molar-refractivity contribution is 7.92. The van der Waals surface area contributed by atoms with Crippen molar-refractivity contribution in [2.45, 2.75) is 30.1 Å². The van der Waals surface area contributed by atoms with Crippen molar-refractivity contribution in [3.05, 3.63) is 40.9 Å². The van der Waals surface area contributed by atoms with Crippen LogP contribution in [0.3, 0.4) is 0 Å². The van der Waals surface area contributed by atoms with E-state index in [1.54, 1.807) is 0 Å². The molecule has 1 atom stereocenters. The van der Waals surface area contributed by atoms with Crippen molar-refractivity contribution in [2.24, 2.45) is 0 Å². The van der Waals surface area contributed by atoms with Crippen LogP contribution >= 0.6 is 11.6 Å². The van der Waals surface area contributed by atoms with Gasteiger partial charge in [0.2, 0.25) is 0 Å². The summed E-state index contributed by atoms with van der Waals surface area (Å²) in [6.45, 7) is 0.423. The number of rotatable bonds is 7. The molecule has 186 valence electrons. The molecule has 0 unspecified atom stereocenters. The van der Waals surface area contributed by atoms with E-state index in [2.05, 4.69) is 4.74 Å². The average Bonchev–Trinajstić information content (AvgIpc) is 3.18. The quantitative estimate of drug-likeness (QED) is 0.471. The third-order valence-electron chi connectivity index (χ3n) is 5.00. The molecule has 0 spiro atoms. The molecule has 0 bridgehead atoms. The number of hydrogen-bond donors (Lipinski definition) is 3. The van der Waals surface area contributed by atoms with Crippen molar-refractivity contribution < 1.29 is 46.1 Å². The fourth-order valence-corrected chi connectivity index (χ4v) is 4.99. The van der Waals surface area contributed by atoms with E-state index < -0.39 is 55.7 Å². The molecule has 1 amide bonds. The first-order chi connectivity index (χ1) is 15.8. The topological polar surface area (TPSA) is 125 Å². The summed E-state index contributed by atoms with van der Waals surface area (Å²) < 4.78 is 75.0. The van der Waals surface area contributed by atoms with Crippen molar-refractivity contribution in [1.82, 2.24) is 4.90 Å². The average molecular weight is 525 g/mol. The van der Waals surface area contributed by atoms with Crippen molar-refractivity contribution in [3.8, 4) is 17.2 Å². The Kier molecular flexibility index (Phi) is 7.38. The second-order valence-corrected chi connectivity index (χ2v) is 9.47. The van der Waals surface area contributed by atoms with Crippen LogP contribution in [0.25, 0.3) is 0 Å². The molecule has 1 heterocycles. The second-order valence-electron chi connectivity index (χ2n) is 7.38. The van der Waals surface area contributed by atoms with Gasteiger partial charge in [0.15, 0.2) is 5.75 Å². The van der Waals surface area contributed by atoms with Crippen LogP contribution in [0, 0.1) is 0 Å². The molecule has 0 radical (unpaired) electrons. The Balaban J connectivity index is 2.07. The second kappa shape index (κ2) is 9.76.